The first-order chi connectivity index (χ1) is 17.3. The molecule has 4 rings (SSSR count). The molecule has 1 N–H and O–H groups in total. The molecule has 1 unspecified atom stereocenters. The number of benzene rings is 2. The van der Waals surface area contributed by atoms with E-state index in [0.29, 0.717) is 30.3 Å². The minimum atomic E-state index is -0.981. The van der Waals surface area contributed by atoms with Gasteiger partial charge in [-0.15, -0.1) is 0 Å². The average molecular weight is 493 g/mol. The molecule has 3 aromatic rings. The van der Waals surface area contributed by atoms with Crippen molar-refractivity contribution in [3.63, 3.8) is 0 Å². The predicted molar refractivity (Wildman–Crippen MR) is 136 cm³/mol. The molecular formula is C27H29FN4O4. The minimum absolute atomic E-state index is 0.327. The van der Waals surface area contributed by atoms with Crippen molar-refractivity contribution in [2.45, 2.75) is 26.9 Å². The normalized spacial score (nSPS) is 14.6. The predicted octanol–water partition coefficient (Wildman–Crippen LogP) is 4.05. The van der Waals surface area contributed by atoms with Crippen molar-refractivity contribution in [3.8, 4) is 5.69 Å². The lowest BCUT2D eigenvalue weighted by Crippen LogP contribution is -2.36. The van der Waals surface area contributed by atoms with E-state index in [2.05, 4.69) is 15.3 Å². The van der Waals surface area contributed by atoms with Crippen LogP contribution in [0.15, 0.2) is 54.6 Å². The van der Waals surface area contributed by atoms with E-state index in [-0.39, 0.29) is 5.82 Å². The average Bonchev–Trinajstić information content (AvgIpc) is 3.17. The van der Waals surface area contributed by atoms with Gasteiger partial charge in [-0.25, -0.2) is 13.9 Å². The largest absolute Gasteiger partial charge is 0.449 e. The highest BCUT2D eigenvalue weighted by Crippen LogP contribution is 2.21. The van der Waals surface area contributed by atoms with Gasteiger partial charge in [0.1, 0.15) is 5.82 Å². The molecule has 0 spiro atoms. The van der Waals surface area contributed by atoms with Gasteiger partial charge in [-0.2, -0.15) is 5.10 Å². The fraction of sp³-hybridized carbons (Fsp3) is 0.296. The van der Waals surface area contributed by atoms with Crippen LogP contribution in [0.4, 0.5) is 15.8 Å². The fourth-order valence-corrected chi connectivity index (χ4v) is 3.97. The molecule has 1 aromatic heterocycles. The van der Waals surface area contributed by atoms with E-state index in [1.807, 2.05) is 38.1 Å². The minimum Gasteiger partial charge on any atom is -0.449 e. The molecule has 1 atom stereocenters. The summed E-state index contributed by atoms with van der Waals surface area (Å²) >= 11 is 0. The second kappa shape index (κ2) is 11.2. The van der Waals surface area contributed by atoms with Crippen molar-refractivity contribution in [2.75, 3.05) is 36.5 Å². The number of amides is 1. The zero-order valence-corrected chi connectivity index (χ0v) is 20.5. The number of aromatic nitrogens is 2. The number of anilines is 2. The van der Waals surface area contributed by atoms with Gasteiger partial charge in [0.05, 0.1) is 24.6 Å². The highest BCUT2D eigenvalue weighted by Gasteiger charge is 2.18. The lowest BCUT2D eigenvalue weighted by Gasteiger charge is -2.28. The number of carbonyl (C=O) groups excluding carboxylic acids is 2. The quantitative estimate of drug-likeness (QED) is 0.396. The molecule has 1 saturated heterocycles. The van der Waals surface area contributed by atoms with Crippen LogP contribution in [0, 0.1) is 19.7 Å². The molecule has 0 bridgehead atoms. The second-order valence-corrected chi connectivity index (χ2v) is 8.52. The summed E-state index contributed by atoms with van der Waals surface area (Å²) in [5, 5.41) is 7.25. The molecule has 8 nitrogen and oxygen atoms in total. The monoisotopic (exact) mass is 492 g/mol. The molecule has 1 amide bonds. The van der Waals surface area contributed by atoms with Crippen LogP contribution < -0.4 is 10.2 Å². The molecule has 2 heterocycles. The number of carbonyl (C=O) groups is 2. The third-order valence-electron chi connectivity index (χ3n) is 5.98. The van der Waals surface area contributed by atoms with Crippen LogP contribution in [-0.4, -0.2) is 54.1 Å². The van der Waals surface area contributed by atoms with Gasteiger partial charge < -0.3 is 19.7 Å². The molecule has 188 valence electrons. The number of esters is 1. The maximum absolute atomic E-state index is 13.2. The molecule has 0 aliphatic carbocycles. The Morgan fingerprint density at radius 1 is 1.06 bits per heavy atom. The Morgan fingerprint density at radius 2 is 1.69 bits per heavy atom. The van der Waals surface area contributed by atoms with E-state index in [0.717, 1.165) is 30.0 Å². The van der Waals surface area contributed by atoms with E-state index in [9.17, 15) is 14.0 Å². The number of morpholine rings is 1. The fourth-order valence-electron chi connectivity index (χ4n) is 3.97. The Kier molecular flexibility index (Phi) is 7.80. The van der Waals surface area contributed by atoms with Gasteiger partial charge in [0.2, 0.25) is 0 Å². The van der Waals surface area contributed by atoms with Gasteiger partial charge in [-0.05, 0) is 75.4 Å². The zero-order chi connectivity index (χ0) is 25.7. The Balaban J connectivity index is 1.33. The van der Waals surface area contributed by atoms with Gasteiger partial charge in [-0.1, -0.05) is 0 Å². The zero-order valence-electron chi connectivity index (χ0n) is 20.5. The van der Waals surface area contributed by atoms with Crippen molar-refractivity contribution in [1.82, 2.24) is 9.78 Å². The standard InChI is InChI=1S/C27H29FN4O4/c1-18-25(19(2)32(30-18)24-8-4-21(28)5-9-24)12-13-26(33)36-20(3)27(34)29-22-6-10-23(11-7-22)31-14-16-35-17-15-31/h4-13,20H,14-17H2,1-3H3,(H,29,34)/b13-12+. The Hall–Kier alpha value is -3.98. The number of aryl methyl sites for hydroxylation is 1. The van der Waals surface area contributed by atoms with E-state index in [4.69, 9.17) is 9.47 Å². The molecule has 2 aromatic carbocycles. The summed E-state index contributed by atoms with van der Waals surface area (Å²) in [5.74, 6) is -1.40. The number of hydrogen-bond donors (Lipinski definition) is 1. The van der Waals surface area contributed by atoms with Crippen LogP contribution in [0.3, 0.4) is 0 Å². The number of nitrogens with zero attached hydrogens (tertiary/aromatic N) is 3. The highest BCUT2D eigenvalue weighted by molar-refractivity contribution is 5.96. The maximum Gasteiger partial charge on any atom is 0.331 e. The Morgan fingerprint density at radius 3 is 2.36 bits per heavy atom. The lowest BCUT2D eigenvalue weighted by molar-refractivity contribution is -0.148. The van der Waals surface area contributed by atoms with Gasteiger partial charge in [0.15, 0.2) is 6.10 Å². The van der Waals surface area contributed by atoms with Crippen LogP contribution in [0.5, 0.6) is 0 Å². The molecule has 9 heteroatoms. The van der Waals surface area contributed by atoms with Gasteiger partial charge in [-0.3, -0.25) is 4.79 Å². The summed E-state index contributed by atoms with van der Waals surface area (Å²) in [5.41, 5.74) is 4.63. The number of nitrogens with one attached hydrogen (secondary N) is 1. The summed E-state index contributed by atoms with van der Waals surface area (Å²) in [6.07, 6.45) is 1.90. The van der Waals surface area contributed by atoms with Gasteiger partial charge >= 0.3 is 5.97 Å². The number of halogens is 1. The summed E-state index contributed by atoms with van der Waals surface area (Å²) in [6, 6.07) is 13.5. The molecule has 0 saturated carbocycles. The summed E-state index contributed by atoms with van der Waals surface area (Å²) < 4.78 is 25.6. The van der Waals surface area contributed by atoms with Crippen molar-refractivity contribution in [2.24, 2.45) is 0 Å². The van der Waals surface area contributed by atoms with Crippen LogP contribution >= 0.6 is 0 Å². The smallest absolute Gasteiger partial charge is 0.331 e. The first-order valence-electron chi connectivity index (χ1n) is 11.8. The molecule has 36 heavy (non-hydrogen) atoms. The van der Waals surface area contributed by atoms with Crippen LogP contribution in [0.1, 0.15) is 23.9 Å². The van der Waals surface area contributed by atoms with E-state index in [1.165, 1.54) is 25.1 Å². The van der Waals surface area contributed by atoms with Gasteiger partial charge in [0.25, 0.3) is 5.91 Å². The second-order valence-electron chi connectivity index (χ2n) is 8.52. The SMILES string of the molecule is Cc1nn(-c2ccc(F)cc2)c(C)c1/C=C/C(=O)OC(C)C(=O)Nc1ccc(N2CCOCC2)cc1. The first kappa shape index (κ1) is 25.1. The van der Waals surface area contributed by atoms with Gasteiger partial charge in [0, 0.05) is 41.8 Å². The third-order valence-corrected chi connectivity index (χ3v) is 5.98. The first-order valence-corrected chi connectivity index (χ1v) is 11.8. The van der Waals surface area contributed by atoms with E-state index >= 15 is 0 Å². The number of hydrogen-bond acceptors (Lipinski definition) is 6. The Bertz CT molecular complexity index is 1250. The van der Waals surface area contributed by atoms with Crippen molar-refractivity contribution in [3.05, 3.63) is 77.4 Å². The molecule has 1 fully saturated rings. The number of ether oxygens (including phenoxy) is 2. The highest BCUT2D eigenvalue weighted by atomic mass is 19.1. The summed E-state index contributed by atoms with van der Waals surface area (Å²) in [4.78, 5) is 27.1. The van der Waals surface area contributed by atoms with E-state index < -0.39 is 18.0 Å². The van der Waals surface area contributed by atoms with Crippen molar-refractivity contribution < 1.29 is 23.5 Å². The topological polar surface area (TPSA) is 85.7 Å². The van der Waals surface area contributed by atoms with Crippen molar-refractivity contribution >= 4 is 29.3 Å². The maximum atomic E-state index is 13.2. The van der Waals surface area contributed by atoms with Crippen LogP contribution in [0.25, 0.3) is 11.8 Å². The molecule has 1 aliphatic heterocycles. The summed E-state index contributed by atoms with van der Waals surface area (Å²) in [7, 11) is 0. The molecule has 0 radical (unpaired) electrons. The van der Waals surface area contributed by atoms with Crippen molar-refractivity contribution in [1.29, 1.82) is 0 Å². The lowest BCUT2D eigenvalue weighted by atomic mass is 10.2. The molecule has 1 aliphatic rings. The van der Waals surface area contributed by atoms with Crippen LogP contribution in [0.2, 0.25) is 0 Å². The summed E-state index contributed by atoms with van der Waals surface area (Å²) in [6.45, 7) is 8.26. The van der Waals surface area contributed by atoms with E-state index in [1.54, 1.807) is 22.9 Å². The Labute approximate surface area is 209 Å². The van der Waals surface area contributed by atoms with Crippen LogP contribution in [-0.2, 0) is 19.1 Å². The third kappa shape index (κ3) is 5.98. The number of rotatable bonds is 7. The molecular weight excluding hydrogens is 463 g/mol.